The van der Waals surface area contributed by atoms with Crippen molar-refractivity contribution in [2.75, 3.05) is 0 Å². The second-order valence-corrected chi connectivity index (χ2v) is 3.42. The Bertz CT molecular complexity index is 205. The van der Waals surface area contributed by atoms with E-state index in [9.17, 15) is 8.78 Å². The molecule has 0 aromatic carbocycles. The minimum absolute atomic E-state index is 0.162. The van der Waals surface area contributed by atoms with E-state index < -0.39 is 6.43 Å². The maximum absolute atomic E-state index is 12.2. The first-order chi connectivity index (χ1) is 5.13. The molecule has 0 unspecified atom stereocenters. The molecule has 1 heterocycles. The largest absolute Gasteiger partial charge is 0.264 e. The van der Waals surface area contributed by atoms with E-state index in [1.54, 1.807) is 5.38 Å². The zero-order chi connectivity index (χ0) is 8.43. The fraction of sp³-hybridized carbons (Fsp3) is 0.375. The smallest absolute Gasteiger partial charge is 0.205 e. The Morgan fingerprint density at radius 1 is 1.45 bits per heavy atom. The topological polar surface area (TPSA) is 0 Å². The van der Waals surface area contributed by atoms with E-state index in [1.807, 2.05) is 13.8 Å². The molecule has 0 N–H and O–H groups in total. The molecule has 0 amide bonds. The van der Waals surface area contributed by atoms with Crippen LogP contribution in [-0.2, 0) is 0 Å². The van der Waals surface area contributed by atoms with Crippen LogP contribution in [0.5, 0.6) is 0 Å². The third kappa shape index (κ3) is 1.77. The molecule has 1 aromatic rings. The molecule has 0 aliphatic carbocycles. The van der Waals surface area contributed by atoms with Crippen molar-refractivity contribution in [2.45, 2.75) is 20.3 Å². The van der Waals surface area contributed by atoms with E-state index in [1.165, 1.54) is 17.4 Å². The van der Waals surface area contributed by atoms with Crippen molar-refractivity contribution in [2.24, 2.45) is 0 Å². The van der Waals surface area contributed by atoms with Crippen LogP contribution < -0.4 is 0 Å². The van der Waals surface area contributed by atoms with Crippen LogP contribution in [0.25, 0.3) is 0 Å². The molecule has 0 fully saturated rings. The van der Waals surface area contributed by atoms with Gasteiger partial charge in [0.15, 0.2) is 0 Å². The number of halogens is 2. The predicted molar refractivity (Wildman–Crippen MR) is 43.0 cm³/mol. The molecule has 0 nitrogen and oxygen atoms in total. The van der Waals surface area contributed by atoms with E-state index in [0.717, 1.165) is 10.8 Å². The van der Waals surface area contributed by atoms with Crippen LogP contribution in [0.4, 0.5) is 8.78 Å². The van der Waals surface area contributed by atoms with Crippen LogP contribution in [0.3, 0.4) is 0 Å². The summed E-state index contributed by atoms with van der Waals surface area (Å²) in [6, 6.07) is 1.48. The average molecular weight is 175 g/mol. The summed E-state index contributed by atoms with van der Waals surface area (Å²) in [7, 11) is 0. The van der Waals surface area contributed by atoms with Crippen LogP contribution in [-0.4, -0.2) is 0 Å². The molecule has 1 radical (unpaired) electrons. The van der Waals surface area contributed by atoms with Crippen LogP contribution >= 0.6 is 11.3 Å². The molecule has 0 atom stereocenters. The van der Waals surface area contributed by atoms with Crippen LogP contribution in [0.2, 0.25) is 0 Å². The van der Waals surface area contributed by atoms with Gasteiger partial charge in [-0.1, -0.05) is 13.8 Å². The van der Waals surface area contributed by atoms with Crippen molar-refractivity contribution < 1.29 is 8.78 Å². The summed E-state index contributed by atoms with van der Waals surface area (Å²) in [6.07, 6.45) is -2.34. The lowest BCUT2D eigenvalue weighted by Gasteiger charge is -2.03. The molecule has 3 heteroatoms. The number of hydrogen-bond acceptors (Lipinski definition) is 1. The molecule has 0 bridgehead atoms. The van der Waals surface area contributed by atoms with Crippen molar-refractivity contribution in [3.8, 4) is 0 Å². The van der Waals surface area contributed by atoms with Crippen molar-refractivity contribution in [1.82, 2.24) is 0 Å². The Morgan fingerprint density at radius 3 is 2.45 bits per heavy atom. The standard InChI is InChI=1S/C8H9F2S/c1-5(2)7-6(8(9)10)3-4-11-7/h3-4,8H,1-2H3. The molecule has 1 rings (SSSR count). The number of hydrogen-bond donors (Lipinski definition) is 0. The van der Waals surface area contributed by atoms with Gasteiger partial charge in [-0.15, -0.1) is 11.3 Å². The van der Waals surface area contributed by atoms with Crippen LogP contribution in [0.1, 0.15) is 30.7 Å². The molecule has 1 aromatic heterocycles. The van der Waals surface area contributed by atoms with E-state index >= 15 is 0 Å². The van der Waals surface area contributed by atoms with Gasteiger partial charge in [-0.05, 0) is 11.4 Å². The Balaban J connectivity index is 2.96. The first kappa shape index (κ1) is 8.65. The van der Waals surface area contributed by atoms with Crippen LogP contribution in [0.15, 0.2) is 11.4 Å². The average Bonchev–Trinajstić information content (AvgIpc) is 2.32. The van der Waals surface area contributed by atoms with Crippen molar-refractivity contribution in [3.63, 3.8) is 0 Å². The van der Waals surface area contributed by atoms with Crippen molar-refractivity contribution >= 4 is 11.3 Å². The Labute approximate surface area is 68.9 Å². The summed E-state index contributed by atoms with van der Waals surface area (Å²) in [6.45, 7) is 3.69. The Hall–Kier alpha value is -0.440. The minimum Gasteiger partial charge on any atom is -0.205 e. The third-order valence-electron chi connectivity index (χ3n) is 1.38. The molecule has 0 spiro atoms. The summed E-state index contributed by atoms with van der Waals surface area (Å²) < 4.78 is 24.4. The highest BCUT2D eigenvalue weighted by Crippen LogP contribution is 2.31. The van der Waals surface area contributed by atoms with Gasteiger partial charge >= 0.3 is 0 Å². The number of rotatable bonds is 2. The number of thiophene rings is 1. The lowest BCUT2D eigenvalue weighted by Crippen LogP contribution is -1.90. The summed E-state index contributed by atoms with van der Waals surface area (Å²) in [4.78, 5) is 0.722. The molecule has 0 aliphatic heterocycles. The van der Waals surface area contributed by atoms with Gasteiger partial charge in [-0.3, -0.25) is 0 Å². The molecular weight excluding hydrogens is 166 g/mol. The highest BCUT2D eigenvalue weighted by molar-refractivity contribution is 7.10. The summed E-state index contributed by atoms with van der Waals surface area (Å²) >= 11 is 1.37. The molecule has 11 heavy (non-hydrogen) atoms. The lowest BCUT2D eigenvalue weighted by atomic mass is 10.1. The highest BCUT2D eigenvalue weighted by Gasteiger charge is 2.15. The first-order valence-corrected chi connectivity index (χ1v) is 4.17. The van der Waals surface area contributed by atoms with Gasteiger partial charge in [0.05, 0.1) is 0 Å². The molecule has 0 aliphatic rings. The second kappa shape index (κ2) is 3.30. The Kier molecular flexibility index (Phi) is 2.60. The zero-order valence-electron chi connectivity index (χ0n) is 6.40. The first-order valence-electron chi connectivity index (χ1n) is 3.29. The van der Waals surface area contributed by atoms with Crippen molar-refractivity contribution in [3.05, 3.63) is 27.8 Å². The molecular formula is C8H9F2S. The molecule has 61 valence electrons. The zero-order valence-corrected chi connectivity index (χ0v) is 7.21. The van der Waals surface area contributed by atoms with E-state index in [4.69, 9.17) is 0 Å². The molecule has 0 saturated heterocycles. The number of alkyl halides is 2. The highest BCUT2D eigenvalue weighted by atomic mass is 32.1. The summed E-state index contributed by atoms with van der Waals surface area (Å²) in [5, 5.41) is 1.70. The third-order valence-corrected chi connectivity index (χ3v) is 2.54. The maximum atomic E-state index is 12.2. The maximum Gasteiger partial charge on any atom is 0.264 e. The van der Waals surface area contributed by atoms with E-state index in [2.05, 4.69) is 0 Å². The summed E-state index contributed by atoms with van der Waals surface area (Å²) in [5.74, 6) is 0.954. The van der Waals surface area contributed by atoms with E-state index in [-0.39, 0.29) is 5.56 Å². The van der Waals surface area contributed by atoms with E-state index in [0.29, 0.717) is 0 Å². The predicted octanol–water partition coefficient (Wildman–Crippen LogP) is 3.65. The van der Waals surface area contributed by atoms with Gasteiger partial charge in [-0.25, -0.2) is 8.78 Å². The lowest BCUT2D eigenvalue weighted by molar-refractivity contribution is 0.151. The van der Waals surface area contributed by atoms with Gasteiger partial charge in [-0.2, -0.15) is 0 Å². The van der Waals surface area contributed by atoms with Gasteiger partial charge in [0.2, 0.25) is 0 Å². The van der Waals surface area contributed by atoms with Crippen LogP contribution in [0, 0.1) is 5.92 Å². The second-order valence-electron chi connectivity index (χ2n) is 2.51. The Morgan fingerprint density at radius 2 is 2.09 bits per heavy atom. The van der Waals surface area contributed by atoms with Crippen molar-refractivity contribution in [1.29, 1.82) is 0 Å². The molecule has 0 saturated carbocycles. The minimum atomic E-state index is -2.34. The van der Waals surface area contributed by atoms with Gasteiger partial charge in [0.25, 0.3) is 6.43 Å². The quantitative estimate of drug-likeness (QED) is 0.643. The van der Waals surface area contributed by atoms with Gasteiger partial charge < -0.3 is 0 Å². The van der Waals surface area contributed by atoms with Gasteiger partial charge in [0.1, 0.15) is 0 Å². The SMILES string of the molecule is C[C](C)c1sccc1C(F)F. The fourth-order valence-electron chi connectivity index (χ4n) is 0.897. The monoisotopic (exact) mass is 175 g/mol. The normalized spacial score (nSPS) is 11.5. The fourth-order valence-corrected chi connectivity index (χ4v) is 1.78. The van der Waals surface area contributed by atoms with Gasteiger partial charge in [0, 0.05) is 16.4 Å². The summed E-state index contributed by atoms with van der Waals surface area (Å²) in [5.41, 5.74) is 0.162.